The first-order chi connectivity index (χ1) is 16.7. The molecule has 11 N–H and O–H groups in total. The topological polar surface area (TPSA) is 366 Å². The molecule has 27 heteroatoms. The second kappa shape index (κ2) is 10.3. The molecule has 0 amide bonds. The third kappa shape index (κ3) is 7.35. The first-order valence-electron chi connectivity index (χ1n) is 8.99. The summed E-state index contributed by atoms with van der Waals surface area (Å²) >= 11 is 0. The number of nitrogens with one attached hydrogen (secondary N) is 1. The summed E-state index contributed by atoms with van der Waals surface area (Å²) in [6.45, 7) is 0. The van der Waals surface area contributed by atoms with Crippen LogP contribution >= 0.6 is 31.3 Å². The van der Waals surface area contributed by atoms with Crippen molar-refractivity contribution in [2.45, 2.75) is 30.8 Å². The Hall–Kier alpha value is -1.45. The monoisotopic (exact) mass is 619 g/mol. The molecule has 0 aromatic carbocycles. The van der Waals surface area contributed by atoms with Crippen LogP contribution in [0.5, 0.6) is 0 Å². The van der Waals surface area contributed by atoms with E-state index in [1.807, 2.05) is 0 Å². The van der Waals surface area contributed by atoms with Crippen molar-refractivity contribution < 1.29 is 80.2 Å². The van der Waals surface area contributed by atoms with E-state index in [0.29, 0.717) is 0 Å². The number of nitrogens with two attached hydrogens (primary N) is 1. The summed E-state index contributed by atoms with van der Waals surface area (Å²) in [6, 6.07) is 0. The van der Waals surface area contributed by atoms with E-state index in [-0.39, 0.29) is 17.1 Å². The van der Waals surface area contributed by atoms with Gasteiger partial charge in [-0.1, -0.05) is 0 Å². The zero-order valence-electron chi connectivity index (χ0n) is 17.3. The van der Waals surface area contributed by atoms with E-state index < -0.39 is 67.7 Å². The number of hydrogen-bond donors (Lipinski definition) is 10. The molecule has 0 bridgehead atoms. The molecule has 37 heavy (non-hydrogen) atoms. The highest BCUT2D eigenvalue weighted by Crippen LogP contribution is 2.70. The lowest BCUT2D eigenvalue weighted by atomic mass is 10.1. The van der Waals surface area contributed by atoms with Gasteiger partial charge in [0.05, 0.1) is 6.33 Å². The number of ether oxygens (including phenoxy) is 1. The molecule has 3 heterocycles. The summed E-state index contributed by atoms with van der Waals surface area (Å²) in [5.74, 6) is -0.361. The largest absolute Gasteiger partial charge is 0.490 e. The lowest BCUT2D eigenvalue weighted by molar-refractivity contribution is -0.160. The number of hydrogen-bond acceptors (Lipinski definition) is 16. The number of H-pyrrole nitrogens is 1. The van der Waals surface area contributed by atoms with Crippen LogP contribution in [0.2, 0.25) is 0 Å². The van der Waals surface area contributed by atoms with Crippen LogP contribution in [0.1, 0.15) is 6.23 Å². The van der Waals surface area contributed by atoms with Crippen molar-refractivity contribution in [3.05, 3.63) is 16.7 Å². The number of phosphoric ester groups is 1. The second-order valence-electron chi connectivity index (χ2n) is 6.88. The van der Waals surface area contributed by atoms with E-state index in [1.54, 1.807) is 0 Å². The van der Waals surface area contributed by atoms with Crippen LogP contribution in [-0.4, -0.2) is 83.9 Å². The molecule has 2 aromatic heterocycles. The minimum Gasteiger partial charge on any atom is -0.387 e. The highest BCUT2D eigenvalue weighted by Gasteiger charge is 2.51. The number of fused-ring (bicyclic) bond motifs is 1. The number of anilines is 1. The van der Waals surface area contributed by atoms with Gasteiger partial charge in [-0.3, -0.25) is 18.9 Å². The maximum atomic E-state index is 12.0. The van der Waals surface area contributed by atoms with Crippen molar-refractivity contribution in [1.82, 2.24) is 19.5 Å². The first kappa shape index (κ1) is 30.1. The molecule has 23 nitrogen and oxygen atoms in total. The number of aliphatic hydroxyl groups is 3. The fraction of sp³-hybridized carbons (Fsp3) is 0.500. The van der Waals surface area contributed by atoms with Gasteiger partial charge in [0.2, 0.25) is 5.95 Å². The van der Waals surface area contributed by atoms with Gasteiger partial charge in [0.25, 0.3) is 5.56 Å². The number of nitrogen functional groups attached to an aromatic ring is 1. The maximum Gasteiger partial charge on any atom is 0.490 e. The Kier molecular flexibility index (Phi) is 8.35. The summed E-state index contributed by atoms with van der Waals surface area (Å²) < 4.78 is 66.2. The van der Waals surface area contributed by atoms with Crippen LogP contribution in [0, 0.1) is 0 Å². The van der Waals surface area contributed by atoms with E-state index in [9.17, 15) is 48.2 Å². The molecular formula is C10H17N5O18P4. The SMILES string of the molecule is Nc1nc2c(ncn2[C@@H]2O[C@H](C(O)OP(=O)(O)OP(=O)(O)OP(=O)(O)OP(=O)(O)O)[C@@H](O)[C@H]2O)c(=O)[nH]1. The molecule has 0 spiro atoms. The molecule has 2 aromatic rings. The van der Waals surface area contributed by atoms with Gasteiger partial charge in [0.1, 0.15) is 18.3 Å². The smallest absolute Gasteiger partial charge is 0.387 e. The molecule has 4 unspecified atom stereocenters. The lowest BCUT2D eigenvalue weighted by Gasteiger charge is -2.24. The third-order valence-electron chi connectivity index (χ3n) is 4.14. The number of aliphatic hydroxyl groups excluding tert-OH is 3. The molecule has 0 aliphatic carbocycles. The number of nitrogens with zero attached hydrogens (tertiary/aromatic N) is 3. The molecule has 1 aliphatic rings. The van der Waals surface area contributed by atoms with Gasteiger partial charge in [-0.05, 0) is 0 Å². The summed E-state index contributed by atoms with van der Waals surface area (Å²) in [7, 11) is -24.0. The normalized spacial score (nSPS) is 28.4. The number of aromatic amines is 1. The first-order valence-corrected chi connectivity index (χ1v) is 15.0. The van der Waals surface area contributed by atoms with Gasteiger partial charge in [-0.2, -0.15) is 17.9 Å². The second-order valence-corrected chi connectivity index (χ2v) is 12.8. The van der Waals surface area contributed by atoms with E-state index in [2.05, 4.69) is 32.4 Å². The van der Waals surface area contributed by atoms with Gasteiger partial charge < -0.3 is 50.3 Å². The van der Waals surface area contributed by atoms with Crippen LogP contribution in [-0.2, 0) is 40.5 Å². The molecule has 0 saturated carbocycles. The summed E-state index contributed by atoms with van der Waals surface area (Å²) in [5.41, 5.74) is 4.16. The summed E-state index contributed by atoms with van der Waals surface area (Å²) in [4.78, 5) is 66.5. The minimum absolute atomic E-state index is 0.242. The number of phosphoric acid groups is 4. The molecule has 0 radical (unpaired) electrons. The van der Waals surface area contributed by atoms with E-state index >= 15 is 0 Å². The fourth-order valence-electron chi connectivity index (χ4n) is 2.92. The van der Waals surface area contributed by atoms with Gasteiger partial charge >= 0.3 is 31.3 Å². The average Bonchev–Trinajstić information content (AvgIpc) is 3.18. The zero-order valence-corrected chi connectivity index (χ0v) is 20.9. The Morgan fingerprint density at radius 1 is 1.00 bits per heavy atom. The third-order valence-corrected chi connectivity index (χ3v) is 9.61. The minimum atomic E-state index is -6.17. The Morgan fingerprint density at radius 3 is 2.16 bits per heavy atom. The van der Waals surface area contributed by atoms with Crippen LogP contribution in [0.3, 0.4) is 0 Å². The van der Waals surface area contributed by atoms with Crippen molar-refractivity contribution in [3.8, 4) is 0 Å². The molecule has 1 fully saturated rings. The van der Waals surface area contributed by atoms with Crippen LogP contribution in [0.25, 0.3) is 11.2 Å². The van der Waals surface area contributed by atoms with Crippen molar-refractivity contribution in [3.63, 3.8) is 0 Å². The Balaban J connectivity index is 1.74. The van der Waals surface area contributed by atoms with E-state index in [0.717, 1.165) is 10.9 Å². The van der Waals surface area contributed by atoms with Crippen molar-refractivity contribution >= 4 is 48.4 Å². The zero-order chi connectivity index (χ0) is 28.1. The summed E-state index contributed by atoms with van der Waals surface area (Å²) in [6.07, 6.45) is -9.57. The fourth-order valence-corrected chi connectivity index (χ4v) is 7.40. The number of aromatic nitrogens is 4. The summed E-state index contributed by atoms with van der Waals surface area (Å²) in [5, 5.41) is 30.6. The molecule has 8 atom stereocenters. The Labute approximate surface area is 202 Å². The van der Waals surface area contributed by atoms with Crippen molar-refractivity contribution in [2.24, 2.45) is 0 Å². The van der Waals surface area contributed by atoms with Crippen LogP contribution in [0.15, 0.2) is 11.1 Å². The molecule has 3 rings (SSSR count). The standard InChI is InChI=1S/C10H17N5O18P4/c11-10-13-6-2(7(18)14-10)12-1-15(6)8-4(17)3(16)5(29-8)9(19)30-35(23,24)32-37(27,28)33-36(25,26)31-34(20,21)22/h1,3-5,8-9,16-17,19H,(H,23,24)(H,25,26)(H,27,28)(H2,20,21,22)(H3,11,13,14,18)/t3-,4+,5-,8+,9?/m0/s1. The number of rotatable bonds is 10. The van der Waals surface area contributed by atoms with E-state index in [1.165, 1.54) is 0 Å². The van der Waals surface area contributed by atoms with Crippen LogP contribution in [0.4, 0.5) is 5.95 Å². The molecule has 1 saturated heterocycles. The lowest BCUT2D eigenvalue weighted by Crippen LogP contribution is -2.39. The highest BCUT2D eigenvalue weighted by atomic mass is 31.3. The van der Waals surface area contributed by atoms with Crippen molar-refractivity contribution in [2.75, 3.05) is 5.73 Å². The quantitative estimate of drug-likeness (QED) is 0.0941. The van der Waals surface area contributed by atoms with Gasteiger partial charge in [0, 0.05) is 0 Å². The Bertz CT molecular complexity index is 1420. The molecular weight excluding hydrogens is 602 g/mol. The molecule has 1 aliphatic heterocycles. The highest BCUT2D eigenvalue weighted by molar-refractivity contribution is 7.69. The predicted octanol–water partition coefficient (Wildman–Crippen LogP) is -2.90. The van der Waals surface area contributed by atoms with Gasteiger partial charge in [-0.15, -0.1) is 0 Å². The average molecular weight is 619 g/mol. The van der Waals surface area contributed by atoms with E-state index in [4.69, 9.17) is 25.2 Å². The van der Waals surface area contributed by atoms with Crippen molar-refractivity contribution in [1.29, 1.82) is 0 Å². The maximum absolute atomic E-state index is 12.0. The predicted molar refractivity (Wildman–Crippen MR) is 110 cm³/mol. The molecule has 210 valence electrons. The van der Waals surface area contributed by atoms with Gasteiger partial charge in [0.15, 0.2) is 23.7 Å². The van der Waals surface area contributed by atoms with Crippen LogP contribution < -0.4 is 11.3 Å². The van der Waals surface area contributed by atoms with Gasteiger partial charge in [-0.25, -0.2) is 23.2 Å². The Morgan fingerprint density at radius 2 is 1.57 bits per heavy atom. The number of imidazole rings is 1.